The first kappa shape index (κ1) is 45.4. The van der Waals surface area contributed by atoms with E-state index in [0.29, 0.717) is 19.6 Å². The second-order valence-corrected chi connectivity index (χ2v) is 14.9. The maximum atomic E-state index is 12.9. The van der Waals surface area contributed by atoms with E-state index in [1.165, 1.54) is 122 Å². The van der Waals surface area contributed by atoms with Gasteiger partial charge in [-0.05, 0) is 19.3 Å². The van der Waals surface area contributed by atoms with Gasteiger partial charge in [-0.1, -0.05) is 155 Å². The molecule has 0 aromatic carbocycles. The van der Waals surface area contributed by atoms with Crippen LogP contribution in [0.15, 0.2) is 0 Å². The average molecular weight is 668 g/mol. The van der Waals surface area contributed by atoms with E-state index in [1.807, 2.05) is 0 Å². The number of rotatable bonds is 35. The molecule has 1 N–H and O–H groups in total. The van der Waals surface area contributed by atoms with Crippen LogP contribution in [0.25, 0.3) is 0 Å². The molecule has 0 aliphatic heterocycles. The van der Waals surface area contributed by atoms with Gasteiger partial charge in [-0.3, -0.25) is 9.59 Å². The van der Waals surface area contributed by atoms with Crippen LogP contribution in [0.1, 0.15) is 194 Å². The predicted molar refractivity (Wildman–Crippen MR) is 197 cm³/mol. The van der Waals surface area contributed by atoms with Crippen molar-refractivity contribution in [3.63, 3.8) is 0 Å². The Labute approximate surface area is 291 Å². The third-order valence-electron chi connectivity index (χ3n) is 8.99. The molecule has 1 amide bonds. The fourth-order valence-corrected chi connectivity index (χ4v) is 5.91. The number of quaternary nitrogens is 1. The van der Waals surface area contributed by atoms with Gasteiger partial charge in [-0.15, -0.1) is 0 Å². The summed E-state index contributed by atoms with van der Waals surface area (Å²) in [5.41, 5.74) is 0. The Morgan fingerprint density at radius 2 is 0.894 bits per heavy atom. The lowest BCUT2D eigenvalue weighted by atomic mass is 10.1. The molecular formula is C40H79N2O5+. The van der Waals surface area contributed by atoms with Gasteiger partial charge >= 0.3 is 11.9 Å². The van der Waals surface area contributed by atoms with Gasteiger partial charge in [0.1, 0.15) is 6.04 Å². The molecule has 1 atom stereocenters. The maximum Gasteiger partial charge on any atom is 0.328 e. The van der Waals surface area contributed by atoms with Crippen molar-refractivity contribution in [1.29, 1.82) is 0 Å². The second-order valence-electron chi connectivity index (χ2n) is 14.9. The van der Waals surface area contributed by atoms with Crippen LogP contribution in [0.4, 0.5) is 0 Å². The fourth-order valence-electron chi connectivity index (χ4n) is 5.91. The van der Waals surface area contributed by atoms with Crippen molar-refractivity contribution in [3.05, 3.63) is 0 Å². The normalized spacial score (nSPS) is 12.2. The SMILES string of the molecule is CCCCCCCCCCCCCCOC(=O)CCC(NC(=O)CCC[N+](C)(C)C)C(=O)OCCCCCCCCCCCCCC. The topological polar surface area (TPSA) is 81.7 Å². The number of amides is 1. The van der Waals surface area contributed by atoms with Gasteiger partial charge in [0.25, 0.3) is 0 Å². The molecule has 278 valence electrons. The van der Waals surface area contributed by atoms with E-state index in [4.69, 9.17) is 9.47 Å². The van der Waals surface area contributed by atoms with Crippen LogP contribution < -0.4 is 5.32 Å². The standard InChI is InChI=1S/C40H78N2O5/c1-6-8-10-12-14-16-18-20-22-24-26-28-35-46-39(44)33-32-37(41-38(43)31-30-34-42(3,4)5)40(45)47-36-29-27-25-23-21-19-17-15-13-11-9-7-2/h37H,6-36H2,1-5H3/p+1. The highest BCUT2D eigenvalue weighted by Gasteiger charge is 2.24. The quantitative estimate of drug-likeness (QED) is 0.0413. The number of hydrogen-bond acceptors (Lipinski definition) is 5. The molecular weight excluding hydrogens is 588 g/mol. The number of esters is 2. The van der Waals surface area contributed by atoms with E-state index in [0.717, 1.165) is 49.6 Å². The highest BCUT2D eigenvalue weighted by Crippen LogP contribution is 2.14. The van der Waals surface area contributed by atoms with Crippen LogP contribution in [0.2, 0.25) is 0 Å². The zero-order valence-corrected chi connectivity index (χ0v) is 32.0. The lowest BCUT2D eigenvalue weighted by Gasteiger charge is -2.23. The zero-order valence-electron chi connectivity index (χ0n) is 32.0. The lowest BCUT2D eigenvalue weighted by molar-refractivity contribution is -0.870. The number of ether oxygens (including phenoxy) is 2. The van der Waals surface area contributed by atoms with Crippen molar-refractivity contribution in [2.75, 3.05) is 40.9 Å². The monoisotopic (exact) mass is 668 g/mol. The molecule has 0 aliphatic rings. The summed E-state index contributed by atoms with van der Waals surface area (Å²) in [5.74, 6) is -0.927. The molecule has 7 nitrogen and oxygen atoms in total. The third kappa shape index (κ3) is 34.0. The molecule has 47 heavy (non-hydrogen) atoms. The van der Waals surface area contributed by atoms with Crippen LogP contribution in [-0.4, -0.2) is 69.3 Å². The first-order chi connectivity index (χ1) is 22.7. The number of unbranched alkanes of at least 4 members (excludes halogenated alkanes) is 22. The minimum absolute atomic E-state index is 0.0930. The van der Waals surface area contributed by atoms with E-state index in [1.54, 1.807) is 0 Å². The Morgan fingerprint density at radius 1 is 0.511 bits per heavy atom. The van der Waals surface area contributed by atoms with Crippen molar-refractivity contribution in [2.24, 2.45) is 0 Å². The van der Waals surface area contributed by atoms with Crippen LogP contribution in [0.5, 0.6) is 0 Å². The van der Waals surface area contributed by atoms with Gasteiger partial charge in [-0.2, -0.15) is 0 Å². The summed E-state index contributed by atoms with van der Waals surface area (Å²) >= 11 is 0. The predicted octanol–water partition coefficient (Wildman–Crippen LogP) is 10.2. The molecule has 1 unspecified atom stereocenters. The van der Waals surface area contributed by atoms with Gasteiger partial charge in [0.05, 0.1) is 40.9 Å². The third-order valence-corrected chi connectivity index (χ3v) is 8.99. The molecule has 0 heterocycles. The van der Waals surface area contributed by atoms with Crippen LogP contribution >= 0.6 is 0 Å². The van der Waals surface area contributed by atoms with Gasteiger partial charge in [0, 0.05) is 19.3 Å². The summed E-state index contributed by atoms with van der Waals surface area (Å²) in [6.45, 7) is 6.16. The van der Waals surface area contributed by atoms with Crippen molar-refractivity contribution < 1.29 is 28.3 Å². The number of hydrogen-bond donors (Lipinski definition) is 1. The van der Waals surface area contributed by atoms with Crippen molar-refractivity contribution in [3.8, 4) is 0 Å². The van der Waals surface area contributed by atoms with Crippen molar-refractivity contribution in [1.82, 2.24) is 5.32 Å². The summed E-state index contributed by atoms with van der Waals surface area (Å²) in [6, 6.07) is -0.817. The van der Waals surface area contributed by atoms with Gasteiger partial charge in [-0.25, -0.2) is 4.79 Å². The minimum Gasteiger partial charge on any atom is -0.466 e. The summed E-state index contributed by atoms with van der Waals surface area (Å²) in [6.07, 6.45) is 31.5. The maximum absolute atomic E-state index is 12.9. The van der Waals surface area contributed by atoms with Crippen LogP contribution in [0.3, 0.4) is 0 Å². The van der Waals surface area contributed by atoms with Crippen LogP contribution in [0, 0.1) is 0 Å². The number of nitrogens with one attached hydrogen (secondary N) is 1. The van der Waals surface area contributed by atoms with Crippen LogP contribution in [-0.2, 0) is 23.9 Å². The van der Waals surface area contributed by atoms with E-state index in [9.17, 15) is 14.4 Å². The molecule has 0 rings (SSSR count). The summed E-state index contributed by atoms with van der Waals surface area (Å²) in [4.78, 5) is 38.0. The molecule has 0 saturated heterocycles. The molecule has 0 aromatic heterocycles. The molecule has 0 saturated carbocycles. The smallest absolute Gasteiger partial charge is 0.328 e. The summed E-state index contributed by atoms with van der Waals surface area (Å²) in [5, 5.41) is 2.84. The van der Waals surface area contributed by atoms with E-state index in [-0.39, 0.29) is 24.7 Å². The number of carbonyl (C=O) groups is 3. The Kier molecular flexibility index (Phi) is 31.8. The van der Waals surface area contributed by atoms with Crippen molar-refractivity contribution >= 4 is 17.8 Å². The summed E-state index contributed by atoms with van der Waals surface area (Å²) < 4.78 is 11.8. The number of carbonyl (C=O) groups excluding carboxylic acids is 3. The summed E-state index contributed by atoms with van der Waals surface area (Å²) in [7, 11) is 6.28. The Morgan fingerprint density at radius 3 is 1.30 bits per heavy atom. The van der Waals surface area contributed by atoms with Gasteiger partial charge in [0.15, 0.2) is 0 Å². The highest BCUT2D eigenvalue weighted by atomic mass is 16.5. The van der Waals surface area contributed by atoms with Gasteiger partial charge in [0.2, 0.25) is 5.91 Å². The van der Waals surface area contributed by atoms with E-state index in [2.05, 4.69) is 40.3 Å². The Balaban J connectivity index is 4.24. The zero-order chi connectivity index (χ0) is 34.9. The first-order valence-corrected chi connectivity index (χ1v) is 20.1. The molecule has 0 spiro atoms. The molecule has 0 aliphatic carbocycles. The fraction of sp³-hybridized carbons (Fsp3) is 0.925. The molecule has 7 heteroatoms. The van der Waals surface area contributed by atoms with E-state index < -0.39 is 12.0 Å². The molecule has 0 bridgehead atoms. The number of nitrogens with zero attached hydrogens (tertiary/aromatic N) is 1. The Hall–Kier alpha value is -1.63. The van der Waals surface area contributed by atoms with Gasteiger partial charge < -0.3 is 19.3 Å². The molecule has 0 aromatic rings. The first-order valence-electron chi connectivity index (χ1n) is 20.1. The van der Waals surface area contributed by atoms with Crippen molar-refractivity contribution in [2.45, 2.75) is 200 Å². The minimum atomic E-state index is -0.817. The molecule has 0 radical (unpaired) electrons. The second kappa shape index (κ2) is 32.9. The van der Waals surface area contributed by atoms with E-state index >= 15 is 0 Å². The Bertz CT molecular complexity index is 737. The lowest BCUT2D eigenvalue weighted by Crippen LogP contribution is -2.43. The largest absolute Gasteiger partial charge is 0.466 e. The average Bonchev–Trinajstić information content (AvgIpc) is 3.03. The highest BCUT2D eigenvalue weighted by molar-refractivity contribution is 5.85. The molecule has 0 fully saturated rings.